The molecule has 0 N–H and O–H groups in total. The quantitative estimate of drug-likeness (QED) is 0.838. The Bertz CT molecular complexity index is 560. The molecular weight excluding hydrogens is 278 g/mol. The van der Waals surface area contributed by atoms with Crippen LogP contribution in [0.5, 0.6) is 0 Å². The minimum absolute atomic E-state index is 0.106. The van der Waals surface area contributed by atoms with Crippen molar-refractivity contribution < 1.29 is 12.9 Å². The van der Waals surface area contributed by atoms with Gasteiger partial charge in [-0.25, -0.2) is 8.42 Å². The normalized spacial score (nSPS) is 22.6. The molecule has 1 aromatic heterocycles. The molecule has 20 heavy (non-hydrogen) atoms. The standard InChI is InChI=1S/C13H23N3O3S/c1-13(2,3)9-16(4)7-11-14-12(15-19-11)10-5-6-20(17,18)8-10/h10H,5-9H2,1-4H3. The molecule has 2 heterocycles. The molecule has 1 saturated heterocycles. The predicted molar refractivity (Wildman–Crippen MR) is 76.1 cm³/mol. The topological polar surface area (TPSA) is 76.3 Å². The molecule has 7 heteroatoms. The van der Waals surface area contributed by atoms with Gasteiger partial charge < -0.3 is 4.52 Å². The van der Waals surface area contributed by atoms with Gasteiger partial charge in [-0.15, -0.1) is 0 Å². The fraction of sp³-hybridized carbons (Fsp3) is 0.846. The summed E-state index contributed by atoms with van der Waals surface area (Å²) >= 11 is 0. The Morgan fingerprint density at radius 1 is 1.40 bits per heavy atom. The number of hydrogen-bond acceptors (Lipinski definition) is 6. The van der Waals surface area contributed by atoms with E-state index < -0.39 is 9.84 Å². The smallest absolute Gasteiger partial charge is 0.240 e. The highest BCUT2D eigenvalue weighted by atomic mass is 32.2. The van der Waals surface area contributed by atoms with Crippen LogP contribution in [-0.2, 0) is 16.4 Å². The van der Waals surface area contributed by atoms with E-state index in [1.165, 1.54) is 0 Å². The minimum Gasteiger partial charge on any atom is -0.338 e. The van der Waals surface area contributed by atoms with Crippen LogP contribution < -0.4 is 0 Å². The number of hydrogen-bond donors (Lipinski definition) is 0. The van der Waals surface area contributed by atoms with E-state index in [4.69, 9.17) is 4.52 Å². The Labute approximate surface area is 120 Å². The van der Waals surface area contributed by atoms with E-state index in [1.807, 2.05) is 7.05 Å². The zero-order chi connectivity index (χ0) is 15.0. The van der Waals surface area contributed by atoms with Gasteiger partial charge in [-0.3, -0.25) is 4.90 Å². The summed E-state index contributed by atoms with van der Waals surface area (Å²) in [7, 11) is -0.904. The minimum atomic E-state index is -2.91. The van der Waals surface area contributed by atoms with Crippen LogP contribution in [0, 0.1) is 5.41 Å². The summed E-state index contributed by atoms with van der Waals surface area (Å²) in [5, 5.41) is 3.94. The Kier molecular flexibility index (Phi) is 4.20. The highest BCUT2D eigenvalue weighted by Crippen LogP contribution is 2.26. The van der Waals surface area contributed by atoms with Gasteiger partial charge in [0.25, 0.3) is 0 Å². The molecule has 2 rings (SSSR count). The third kappa shape index (κ3) is 4.28. The molecule has 1 aliphatic rings. The molecule has 0 aromatic carbocycles. The molecule has 0 saturated carbocycles. The van der Waals surface area contributed by atoms with Crippen LogP contribution in [0.1, 0.15) is 44.8 Å². The summed E-state index contributed by atoms with van der Waals surface area (Å²) in [6, 6.07) is 0. The highest BCUT2D eigenvalue weighted by Gasteiger charge is 2.32. The summed E-state index contributed by atoms with van der Waals surface area (Å²) in [5.74, 6) is 1.35. The van der Waals surface area contributed by atoms with Crippen molar-refractivity contribution in [3.05, 3.63) is 11.7 Å². The molecule has 0 bridgehead atoms. The average Bonchev–Trinajstić information content (AvgIpc) is 2.81. The van der Waals surface area contributed by atoms with Gasteiger partial charge in [0.2, 0.25) is 5.89 Å². The third-order valence-corrected chi connectivity index (χ3v) is 5.00. The summed E-state index contributed by atoms with van der Waals surface area (Å²) in [4.78, 5) is 6.47. The van der Waals surface area contributed by atoms with Crippen molar-refractivity contribution in [3.63, 3.8) is 0 Å². The Balaban J connectivity index is 1.96. The van der Waals surface area contributed by atoms with Gasteiger partial charge in [0.05, 0.1) is 18.1 Å². The lowest BCUT2D eigenvalue weighted by Crippen LogP contribution is -2.29. The second kappa shape index (κ2) is 5.44. The van der Waals surface area contributed by atoms with Crippen LogP contribution in [-0.4, -0.2) is 48.6 Å². The van der Waals surface area contributed by atoms with Gasteiger partial charge in [0, 0.05) is 12.5 Å². The van der Waals surface area contributed by atoms with Crippen molar-refractivity contribution in [2.45, 2.75) is 39.7 Å². The maximum atomic E-state index is 11.5. The van der Waals surface area contributed by atoms with Crippen molar-refractivity contribution in [2.75, 3.05) is 25.1 Å². The first-order chi connectivity index (χ1) is 9.15. The number of sulfone groups is 1. The lowest BCUT2D eigenvalue weighted by molar-refractivity contribution is 0.197. The van der Waals surface area contributed by atoms with Crippen LogP contribution in [0.15, 0.2) is 4.52 Å². The van der Waals surface area contributed by atoms with Crippen LogP contribution in [0.4, 0.5) is 0 Å². The molecule has 1 fully saturated rings. The molecule has 0 amide bonds. The van der Waals surface area contributed by atoms with E-state index in [9.17, 15) is 8.42 Å². The largest absolute Gasteiger partial charge is 0.338 e. The van der Waals surface area contributed by atoms with Crippen molar-refractivity contribution in [1.82, 2.24) is 15.0 Å². The van der Waals surface area contributed by atoms with E-state index >= 15 is 0 Å². The summed E-state index contributed by atoms with van der Waals surface area (Å²) in [6.45, 7) is 8.02. The van der Waals surface area contributed by atoms with Crippen molar-refractivity contribution in [3.8, 4) is 0 Å². The zero-order valence-corrected chi connectivity index (χ0v) is 13.4. The first-order valence-corrected chi connectivity index (χ1v) is 8.68. The van der Waals surface area contributed by atoms with E-state index in [0.717, 1.165) is 6.54 Å². The summed E-state index contributed by atoms with van der Waals surface area (Å²) < 4.78 is 28.2. The highest BCUT2D eigenvalue weighted by molar-refractivity contribution is 7.91. The van der Waals surface area contributed by atoms with Crippen molar-refractivity contribution >= 4 is 9.84 Å². The fourth-order valence-electron chi connectivity index (χ4n) is 2.59. The molecule has 1 aliphatic heterocycles. The first-order valence-electron chi connectivity index (χ1n) is 6.86. The third-order valence-electron chi connectivity index (χ3n) is 3.23. The fourth-order valence-corrected chi connectivity index (χ4v) is 4.33. The average molecular weight is 301 g/mol. The van der Waals surface area contributed by atoms with Crippen molar-refractivity contribution in [2.24, 2.45) is 5.41 Å². The predicted octanol–water partition coefficient (Wildman–Crippen LogP) is 1.45. The van der Waals surface area contributed by atoms with Crippen LogP contribution in [0.25, 0.3) is 0 Å². The lowest BCUT2D eigenvalue weighted by Gasteiger charge is -2.25. The SMILES string of the molecule is CN(Cc1nc(C2CCS(=O)(=O)C2)no1)CC(C)(C)C. The molecule has 1 unspecified atom stereocenters. The van der Waals surface area contributed by atoms with Crippen molar-refractivity contribution in [1.29, 1.82) is 0 Å². The molecule has 114 valence electrons. The molecule has 0 radical (unpaired) electrons. The maximum absolute atomic E-state index is 11.5. The van der Waals surface area contributed by atoms with Gasteiger partial charge in [-0.1, -0.05) is 25.9 Å². The maximum Gasteiger partial charge on any atom is 0.240 e. The summed E-state index contributed by atoms with van der Waals surface area (Å²) in [6.07, 6.45) is 0.596. The second-order valence-corrected chi connectivity index (χ2v) is 9.11. The second-order valence-electron chi connectivity index (χ2n) is 6.88. The Morgan fingerprint density at radius 2 is 2.10 bits per heavy atom. The van der Waals surface area contributed by atoms with Crippen LogP contribution >= 0.6 is 0 Å². The monoisotopic (exact) mass is 301 g/mol. The zero-order valence-electron chi connectivity index (χ0n) is 12.6. The van der Waals surface area contributed by atoms with E-state index in [1.54, 1.807) is 0 Å². The number of rotatable bonds is 4. The first kappa shape index (κ1) is 15.4. The van der Waals surface area contributed by atoms with Gasteiger partial charge >= 0.3 is 0 Å². The number of aromatic nitrogens is 2. The number of nitrogens with zero attached hydrogens (tertiary/aromatic N) is 3. The molecule has 0 spiro atoms. The lowest BCUT2D eigenvalue weighted by atomic mass is 9.96. The molecule has 1 aromatic rings. The molecule has 6 nitrogen and oxygen atoms in total. The molecule has 0 aliphatic carbocycles. The van der Waals surface area contributed by atoms with Crippen LogP contribution in [0.3, 0.4) is 0 Å². The van der Waals surface area contributed by atoms with Crippen LogP contribution in [0.2, 0.25) is 0 Å². The van der Waals surface area contributed by atoms with Gasteiger partial charge in [0.1, 0.15) is 0 Å². The Morgan fingerprint density at radius 3 is 2.65 bits per heavy atom. The molecular formula is C13H23N3O3S. The molecule has 1 atom stereocenters. The van der Waals surface area contributed by atoms with E-state index in [-0.39, 0.29) is 22.8 Å². The summed E-state index contributed by atoms with van der Waals surface area (Å²) in [5.41, 5.74) is 0.205. The Hall–Kier alpha value is -0.950. The van der Waals surface area contributed by atoms with Gasteiger partial charge in [-0.2, -0.15) is 4.98 Å². The van der Waals surface area contributed by atoms with E-state index in [0.29, 0.717) is 24.7 Å². The van der Waals surface area contributed by atoms with E-state index in [2.05, 4.69) is 35.8 Å². The van der Waals surface area contributed by atoms with Gasteiger partial charge in [0.15, 0.2) is 15.7 Å². The van der Waals surface area contributed by atoms with Gasteiger partial charge in [-0.05, 0) is 18.9 Å².